The Morgan fingerprint density at radius 1 is 0.667 bits per heavy atom. The fraction of sp³-hybridized carbons (Fsp3) is 0.739. The summed E-state index contributed by atoms with van der Waals surface area (Å²) in [4.78, 5) is 37.5. The molecule has 10 nitrogen and oxygen atoms in total. The van der Waals surface area contributed by atoms with Crippen molar-refractivity contribution in [1.82, 2.24) is 0 Å². The first-order valence-corrected chi connectivity index (χ1v) is 23.6. The molecule has 0 radical (unpaired) electrons. The van der Waals surface area contributed by atoms with Crippen molar-refractivity contribution >= 4 is 19.8 Å². The third-order valence-corrected chi connectivity index (χ3v) is 10.1. The molecule has 0 rings (SSSR count). The number of likely N-dealkylation sites (N-methyl/N-ethyl adjacent to an activating group) is 1. The molecule has 3 atom stereocenters. The lowest BCUT2D eigenvalue weighted by molar-refractivity contribution is -0.870. The van der Waals surface area contributed by atoms with Gasteiger partial charge in [-0.05, 0) is 64.2 Å². The Morgan fingerprint density at radius 3 is 1.86 bits per heavy atom. The predicted molar refractivity (Wildman–Crippen MR) is 232 cm³/mol. The Morgan fingerprint density at radius 2 is 1.23 bits per heavy atom. The number of rotatable bonds is 39. The second-order valence-corrected chi connectivity index (χ2v) is 17.3. The van der Waals surface area contributed by atoms with Gasteiger partial charge < -0.3 is 33.0 Å². The lowest BCUT2D eigenvalue weighted by Crippen LogP contribution is -2.37. The van der Waals surface area contributed by atoms with E-state index in [2.05, 4.69) is 56.4 Å². The molecule has 0 aliphatic carbocycles. The second-order valence-electron chi connectivity index (χ2n) is 15.9. The molecule has 330 valence electrons. The van der Waals surface area contributed by atoms with Gasteiger partial charge in [-0.25, -0.2) is 0 Å². The van der Waals surface area contributed by atoms with Crippen molar-refractivity contribution in [3.63, 3.8) is 0 Å². The summed E-state index contributed by atoms with van der Waals surface area (Å²) in [5.74, 6) is -0.925. The van der Waals surface area contributed by atoms with E-state index in [9.17, 15) is 24.2 Å². The summed E-state index contributed by atoms with van der Waals surface area (Å²) in [5.41, 5.74) is 0. The minimum atomic E-state index is -4.65. The van der Waals surface area contributed by atoms with Crippen LogP contribution in [-0.2, 0) is 32.7 Å². The number of esters is 2. The number of carbonyl (C=O) groups excluding carboxylic acids is 2. The molecule has 1 N–H and O–H groups in total. The van der Waals surface area contributed by atoms with E-state index in [1.807, 2.05) is 33.3 Å². The Hall–Kier alpha value is -2.33. The molecule has 0 amide bonds. The lowest BCUT2D eigenvalue weighted by atomic mass is 10.1. The molecule has 2 unspecified atom stereocenters. The number of hydrogen-bond donors (Lipinski definition) is 1. The Bertz CT molecular complexity index is 1170. The van der Waals surface area contributed by atoms with Gasteiger partial charge in [0.2, 0.25) is 0 Å². The van der Waals surface area contributed by atoms with Gasteiger partial charge in [-0.15, -0.1) is 0 Å². The third-order valence-electron chi connectivity index (χ3n) is 9.13. The number of hydrogen-bond acceptors (Lipinski definition) is 9. The highest BCUT2D eigenvalue weighted by atomic mass is 31.2. The lowest BCUT2D eigenvalue weighted by Gasteiger charge is -2.28. The summed E-state index contributed by atoms with van der Waals surface area (Å²) in [6.07, 6.45) is 41.2. The van der Waals surface area contributed by atoms with Crippen LogP contribution in [0.15, 0.2) is 60.8 Å². The summed E-state index contributed by atoms with van der Waals surface area (Å²) in [7, 11) is 1.09. The van der Waals surface area contributed by atoms with Gasteiger partial charge in [0.25, 0.3) is 7.82 Å². The number of phosphoric ester groups is 1. The minimum absolute atomic E-state index is 0.0529. The molecule has 57 heavy (non-hydrogen) atoms. The van der Waals surface area contributed by atoms with Crippen LogP contribution in [0.3, 0.4) is 0 Å². The monoisotopic (exact) mass is 824 g/mol. The van der Waals surface area contributed by atoms with Crippen molar-refractivity contribution in [3.8, 4) is 0 Å². The first-order chi connectivity index (χ1) is 27.4. The van der Waals surface area contributed by atoms with Crippen LogP contribution in [-0.4, -0.2) is 81.2 Å². The zero-order valence-corrected chi connectivity index (χ0v) is 37.5. The van der Waals surface area contributed by atoms with Crippen LogP contribution >= 0.6 is 7.82 Å². The van der Waals surface area contributed by atoms with Crippen LogP contribution in [0.2, 0.25) is 0 Å². The maximum atomic E-state index is 12.7. The van der Waals surface area contributed by atoms with Crippen LogP contribution in [0.25, 0.3) is 0 Å². The molecule has 0 aliphatic heterocycles. The van der Waals surface area contributed by atoms with Gasteiger partial charge in [0.05, 0.1) is 33.9 Å². The fourth-order valence-corrected chi connectivity index (χ4v) is 6.36. The standard InChI is InChI=1S/C46H82NO9P/c1-6-8-10-12-14-15-16-17-18-19-20-21-22-23-25-29-33-37-45(49)53-41-44(42-55-57(51,52)54-40-39-47(3,4)5)56-46(50)38-34-30-26-28-32-36-43(48)35-31-27-24-13-11-9-7-2/h9,11,14-15,17-18,24,27,31,35,43-44,48H,6-8,10,12-13,16,19-23,25-26,28-30,32-34,36-42H2,1-5H3/b11-9+,15-14-,18-17-,27-24+,35-31+/t43?,44-/m1/s1. The van der Waals surface area contributed by atoms with Gasteiger partial charge in [0, 0.05) is 12.8 Å². The highest BCUT2D eigenvalue weighted by Gasteiger charge is 2.21. The van der Waals surface area contributed by atoms with E-state index in [0.717, 1.165) is 70.6 Å². The maximum absolute atomic E-state index is 12.7. The van der Waals surface area contributed by atoms with E-state index in [-0.39, 0.29) is 26.1 Å². The molecular formula is C46H82NO9P. The van der Waals surface area contributed by atoms with Gasteiger partial charge in [-0.3, -0.25) is 14.2 Å². The highest BCUT2D eigenvalue weighted by molar-refractivity contribution is 7.45. The van der Waals surface area contributed by atoms with E-state index in [1.54, 1.807) is 6.08 Å². The zero-order chi connectivity index (χ0) is 42.3. The molecule has 0 aromatic heterocycles. The predicted octanol–water partition coefficient (Wildman–Crippen LogP) is 10.8. The fourth-order valence-electron chi connectivity index (χ4n) is 5.63. The van der Waals surface area contributed by atoms with Crippen LogP contribution in [0.5, 0.6) is 0 Å². The summed E-state index contributed by atoms with van der Waals surface area (Å²) < 4.78 is 33.8. The number of aliphatic hydroxyl groups excluding tert-OH is 1. The average Bonchev–Trinajstić information content (AvgIpc) is 3.15. The molecule has 0 bridgehead atoms. The normalized spacial score (nSPS) is 14.7. The minimum Gasteiger partial charge on any atom is -0.756 e. The number of ether oxygens (including phenoxy) is 2. The van der Waals surface area contributed by atoms with Gasteiger partial charge >= 0.3 is 11.9 Å². The van der Waals surface area contributed by atoms with E-state index in [0.29, 0.717) is 30.3 Å². The molecule has 0 spiro atoms. The summed E-state index contributed by atoms with van der Waals surface area (Å²) in [5, 5.41) is 10.2. The van der Waals surface area contributed by atoms with Crippen molar-refractivity contribution in [1.29, 1.82) is 0 Å². The number of carbonyl (C=O) groups is 2. The smallest absolute Gasteiger partial charge is 0.306 e. The van der Waals surface area contributed by atoms with Crippen LogP contribution < -0.4 is 4.89 Å². The molecule has 11 heteroatoms. The van der Waals surface area contributed by atoms with E-state index >= 15 is 0 Å². The Balaban J connectivity index is 4.46. The Kier molecular flexibility index (Phi) is 36.4. The molecule has 0 fully saturated rings. The molecule has 0 aliphatic rings. The van der Waals surface area contributed by atoms with E-state index in [4.69, 9.17) is 18.5 Å². The van der Waals surface area contributed by atoms with Gasteiger partial charge in [0.15, 0.2) is 6.10 Å². The van der Waals surface area contributed by atoms with Crippen LogP contribution in [0, 0.1) is 0 Å². The summed E-state index contributed by atoms with van der Waals surface area (Å²) >= 11 is 0. The Labute approximate surface area is 348 Å². The number of quaternary nitrogens is 1. The van der Waals surface area contributed by atoms with E-state index < -0.39 is 38.6 Å². The number of unbranched alkanes of at least 4 members (excludes halogenated alkanes) is 14. The number of nitrogens with zero attached hydrogens (tertiary/aromatic N) is 1. The quantitative estimate of drug-likeness (QED) is 0.0161. The third kappa shape index (κ3) is 41.6. The summed E-state index contributed by atoms with van der Waals surface area (Å²) in [6.45, 7) is 3.93. The van der Waals surface area contributed by atoms with Crippen molar-refractivity contribution in [2.45, 2.75) is 174 Å². The first kappa shape index (κ1) is 54.7. The van der Waals surface area contributed by atoms with Gasteiger partial charge in [-0.2, -0.15) is 0 Å². The van der Waals surface area contributed by atoms with E-state index in [1.165, 1.54) is 44.9 Å². The SMILES string of the molecule is CC/C=C/C/C=C/C=C/C(O)CCCCCCCC(=O)O[C@H](COC(=O)CCCCCCCCC/C=C\C/C=C\CCCCC)COP(=O)([O-])OCC[N+](C)(C)C. The highest BCUT2D eigenvalue weighted by Crippen LogP contribution is 2.38. The average molecular weight is 824 g/mol. The number of phosphoric acid groups is 1. The maximum Gasteiger partial charge on any atom is 0.306 e. The van der Waals surface area contributed by atoms with Crippen LogP contribution in [0.1, 0.15) is 162 Å². The molecule has 0 saturated carbocycles. The van der Waals surface area contributed by atoms with Crippen molar-refractivity contribution in [2.75, 3.05) is 47.5 Å². The van der Waals surface area contributed by atoms with Gasteiger partial charge in [0.1, 0.15) is 19.8 Å². The molecule has 0 aromatic rings. The molecule has 0 saturated heterocycles. The van der Waals surface area contributed by atoms with Crippen molar-refractivity contribution < 1.29 is 47.2 Å². The number of aliphatic hydroxyl groups is 1. The first-order valence-electron chi connectivity index (χ1n) is 22.1. The second kappa shape index (κ2) is 37.9. The summed E-state index contributed by atoms with van der Waals surface area (Å²) in [6, 6.07) is 0. The molecular weight excluding hydrogens is 741 g/mol. The largest absolute Gasteiger partial charge is 0.756 e. The number of allylic oxidation sites excluding steroid dienone is 9. The van der Waals surface area contributed by atoms with Gasteiger partial charge in [-0.1, -0.05) is 145 Å². The van der Waals surface area contributed by atoms with Crippen LogP contribution in [0.4, 0.5) is 0 Å². The zero-order valence-electron chi connectivity index (χ0n) is 36.6. The topological polar surface area (TPSA) is 131 Å². The van der Waals surface area contributed by atoms with Crippen molar-refractivity contribution in [3.05, 3.63) is 60.8 Å². The molecule has 0 aromatic carbocycles. The molecule has 0 heterocycles. The van der Waals surface area contributed by atoms with Crippen molar-refractivity contribution in [2.24, 2.45) is 0 Å².